The Balaban J connectivity index is 2.24. The molecule has 1 aliphatic heterocycles. The molecule has 1 aromatic carbocycles. The minimum absolute atomic E-state index is 0.00456. The number of benzene rings is 1. The molecule has 29 heavy (non-hydrogen) atoms. The molecule has 1 aromatic rings. The van der Waals surface area contributed by atoms with Crippen LogP contribution in [0.25, 0.3) is 0 Å². The Morgan fingerprint density at radius 1 is 1.17 bits per heavy atom. The van der Waals surface area contributed by atoms with Crippen LogP contribution >= 0.6 is 0 Å². The molecular formula is C18H25N3O7S. The summed E-state index contributed by atoms with van der Waals surface area (Å²) in [6.45, 7) is 6.96. The summed E-state index contributed by atoms with van der Waals surface area (Å²) < 4.78 is 29.4. The van der Waals surface area contributed by atoms with E-state index in [0.29, 0.717) is 26.2 Å². The molecule has 0 saturated carbocycles. The van der Waals surface area contributed by atoms with Crippen molar-refractivity contribution in [2.24, 2.45) is 0 Å². The number of nitro groups is 1. The monoisotopic (exact) mass is 427 g/mol. The first kappa shape index (κ1) is 22.8. The summed E-state index contributed by atoms with van der Waals surface area (Å²) in [7, 11) is -4.29. The van der Waals surface area contributed by atoms with Gasteiger partial charge in [0.1, 0.15) is 4.90 Å². The smallest absolute Gasteiger partial charge is 0.321 e. The number of ether oxygens (including phenoxy) is 1. The predicted octanol–water partition coefficient (Wildman–Crippen LogP) is 1.10. The quantitative estimate of drug-likeness (QED) is 0.343. The fourth-order valence-electron chi connectivity index (χ4n) is 3.17. The molecule has 0 radical (unpaired) electrons. The number of nitro benzene ring substituents is 1. The molecule has 10 nitrogen and oxygen atoms in total. The highest BCUT2D eigenvalue weighted by Crippen LogP contribution is 2.27. The molecule has 1 amide bonds. The molecule has 1 fully saturated rings. The van der Waals surface area contributed by atoms with E-state index in [-0.39, 0.29) is 12.2 Å². The van der Waals surface area contributed by atoms with Gasteiger partial charge in [0.15, 0.2) is 15.6 Å². The average molecular weight is 427 g/mol. The van der Waals surface area contributed by atoms with Crippen LogP contribution in [0.3, 0.4) is 0 Å². The van der Waals surface area contributed by atoms with Crippen LogP contribution in [0.15, 0.2) is 23.1 Å². The van der Waals surface area contributed by atoms with E-state index >= 15 is 0 Å². The minimum atomic E-state index is -4.29. The molecule has 1 aliphatic rings. The lowest BCUT2D eigenvalue weighted by molar-refractivity contribution is -0.387. The predicted molar refractivity (Wildman–Crippen MR) is 104 cm³/mol. The third kappa shape index (κ3) is 5.73. The van der Waals surface area contributed by atoms with Gasteiger partial charge in [0.25, 0.3) is 11.6 Å². The highest BCUT2D eigenvalue weighted by Gasteiger charge is 2.31. The van der Waals surface area contributed by atoms with E-state index in [1.807, 2.05) is 0 Å². The van der Waals surface area contributed by atoms with E-state index in [0.717, 1.165) is 25.1 Å². The molecule has 11 heteroatoms. The van der Waals surface area contributed by atoms with E-state index in [1.54, 1.807) is 4.90 Å². The van der Waals surface area contributed by atoms with Crippen LogP contribution in [-0.4, -0.2) is 80.1 Å². The van der Waals surface area contributed by atoms with Gasteiger partial charge in [0, 0.05) is 37.8 Å². The standard InChI is InChI=1S/C18H25N3O7S/c1-3-7-19-8-10-20(11-9-19)18(23)14-5-6-16(15(12-14)21(24)25)29(26,27)13-17(22)28-4-2/h5-6,12H,3-4,7-11,13H2,1-2H3. The van der Waals surface area contributed by atoms with Gasteiger partial charge in [0.05, 0.1) is 11.5 Å². The molecule has 1 saturated heterocycles. The van der Waals surface area contributed by atoms with Crippen LogP contribution in [0, 0.1) is 10.1 Å². The first-order chi connectivity index (χ1) is 13.7. The Kier molecular flexibility index (Phi) is 7.68. The molecule has 0 aromatic heterocycles. The Bertz CT molecular complexity index is 877. The van der Waals surface area contributed by atoms with Gasteiger partial charge in [-0.25, -0.2) is 8.42 Å². The zero-order valence-corrected chi connectivity index (χ0v) is 17.3. The second-order valence-electron chi connectivity index (χ2n) is 6.64. The van der Waals surface area contributed by atoms with Crippen LogP contribution in [0.4, 0.5) is 5.69 Å². The van der Waals surface area contributed by atoms with E-state index < -0.39 is 43.0 Å². The summed E-state index contributed by atoms with van der Waals surface area (Å²) in [5, 5.41) is 11.4. The van der Waals surface area contributed by atoms with Crippen molar-refractivity contribution in [3.8, 4) is 0 Å². The lowest BCUT2D eigenvalue weighted by Gasteiger charge is -2.34. The van der Waals surface area contributed by atoms with Gasteiger partial charge in [-0.3, -0.25) is 24.6 Å². The van der Waals surface area contributed by atoms with Gasteiger partial charge in [-0.05, 0) is 32.0 Å². The number of sulfone groups is 1. The summed E-state index contributed by atoms with van der Waals surface area (Å²) >= 11 is 0. The number of rotatable bonds is 8. The van der Waals surface area contributed by atoms with Crippen LogP contribution < -0.4 is 0 Å². The topological polar surface area (TPSA) is 127 Å². The molecule has 0 atom stereocenters. The number of nitrogens with zero attached hydrogens (tertiary/aromatic N) is 3. The Hall–Kier alpha value is -2.53. The third-order valence-electron chi connectivity index (χ3n) is 4.55. The maximum Gasteiger partial charge on any atom is 0.321 e. The summed E-state index contributed by atoms with van der Waals surface area (Å²) in [4.78, 5) is 38.0. The lowest BCUT2D eigenvalue weighted by Crippen LogP contribution is -2.48. The first-order valence-corrected chi connectivity index (χ1v) is 11.0. The van der Waals surface area contributed by atoms with Gasteiger partial charge in [0.2, 0.25) is 0 Å². The SMILES string of the molecule is CCCN1CCN(C(=O)c2ccc(S(=O)(=O)CC(=O)OCC)c([N+](=O)[O-])c2)CC1. The number of esters is 1. The van der Waals surface area contributed by atoms with Gasteiger partial charge in [-0.1, -0.05) is 6.92 Å². The second-order valence-corrected chi connectivity index (χ2v) is 8.60. The second kappa shape index (κ2) is 9.79. The Labute approximate surface area is 169 Å². The molecule has 160 valence electrons. The maximum absolute atomic E-state index is 12.7. The number of piperazine rings is 1. The van der Waals surface area contributed by atoms with Gasteiger partial charge < -0.3 is 9.64 Å². The summed E-state index contributed by atoms with van der Waals surface area (Å²) in [6.07, 6.45) is 1.02. The highest BCUT2D eigenvalue weighted by atomic mass is 32.2. The highest BCUT2D eigenvalue weighted by molar-refractivity contribution is 7.92. The maximum atomic E-state index is 12.7. The molecular weight excluding hydrogens is 402 g/mol. The minimum Gasteiger partial charge on any atom is -0.465 e. The number of hydrogen-bond acceptors (Lipinski definition) is 8. The van der Waals surface area contributed by atoms with Crippen LogP contribution in [0.5, 0.6) is 0 Å². The van der Waals surface area contributed by atoms with Crippen molar-refractivity contribution in [1.29, 1.82) is 0 Å². The normalized spacial score (nSPS) is 15.2. The number of hydrogen-bond donors (Lipinski definition) is 0. The third-order valence-corrected chi connectivity index (χ3v) is 6.18. The van der Waals surface area contributed by atoms with Crippen LogP contribution in [-0.2, 0) is 19.4 Å². The molecule has 0 N–H and O–H groups in total. The molecule has 1 heterocycles. The first-order valence-electron chi connectivity index (χ1n) is 9.38. The zero-order chi connectivity index (χ0) is 21.6. The largest absolute Gasteiger partial charge is 0.465 e. The molecule has 0 spiro atoms. The number of amides is 1. The molecule has 2 rings (SSSR count). The lowest BCUT2D eigenvalue weighted by atomic mass is 10.1. The molecule has 0 aliphatic carbocycles. The van der Waals surface area contributed by atoms with Crippen molar-refractivity contribution in [3.63, 3.8) is 0 Å². The Morgan fingerprint density at radius 2 is 1.83 bits per heavy atom. The van der Waals surface area contributed by atoms with Gasteiger partial charge in [-0.2, -0.15) is 0 Å². The fraction of sp³-hybridized carbons (Fsp3) is 0.556. The fourth-order valence-corrected chi connectivity index (χ4v) is 4.44. The van der Waals surface area contributed by atoms with Crippen molar-refractivity contribution in [1.82, 2.24) is 9.80 Å². The average Bonchev–Trinajstić information content (AvgIpc) is 2.67. The van der Waals surface area contributed by atoms with E-state index in [9.17, 15) is 28.1 Å². The van der Waals surface area contributed by atoms with E-state index in [1.165, 1.54) is 13.0 Å². The van der Waals surface area contributed by atoms with Crippen molar-refractivity contribution >= 4 is 27.4 Å². The van der Waals surface area contributed by atoms with Crippen molar-refractivity contribution in [2.75, 3.05) is 45.1 Å². The molecule has 0 unspecified atom stereocenters. The Morgan fingerprint density at radius 3 is 2.38 bits per heavy atom. The number of carbonyl (C=O) groups is 2. The van der Waals surface area contributed by atoms with Crippen LogP contribution in [0.2, 0.25) is 0 Å². The van der Waals surface area contributed by atoms with Crippen molar-refractivity contribution < 1.29 is 27.7 Å². The summed E-state index contributed by atoms with van der Waals surface area (Å²) in [6, 6.07) is 3.21. The summed E-state index contributed by atoms with van der Waals surface area (Å²) in [5.74, 6) is -2.39. The van der Waals surface area contributed by atoms with Crippen molar-refractivity contribution in [3.05, 3.63) is 33.9 Å². The van der Waals surface area contributed by atoms with Crippen LogP contribution in [0.1, 0.15) is 30.6 Å². The van der Waals surface area contributed by atoms with E-state index in [2.05, 4.69) is 16.6 Å². The van der Waals surface area contributed by atoms with Crippen molar-refractivity contribution in [2.45, 2.75) is 25.2 Å². The molecule has 0 bridgehead atoms. The zero-order valence-electron chi connectivity index (χ0n) is 16.5. The summed E-state index contributed by atoms with van der Waals surface area (Å²) in [5.41, 5.74) is -0.694. The van der Waals surface area contributed by atoms with Gasteiger partial charge in [-0.15, -0.1) is 0 Å². The van der Waals surface area contributed by atoms with E-state index in [4.69, 9.17) is 0 Å². The number of carbonyl (C=O) groups excluding carboxylic acids is 2. The van der Waals surface area contributed by atoms with Gasteiger partial charge >= 0.3 is 5.97 Å².